The first-order valence-electron chi connectivity index (χ1n) is 6.92. The van der Waals surface area contributed by atoms with E-state index in [9.17, 15) is 9.59 Å². The molecule has 0 unspecified atom stereocenters. The fourth-order valence-corrected chi connectivity index (χ4v) is 2.09. The number of nitrogens with one attached hydrogen (secondary N) is 1. The third kappa shape index (κ3) is 3.20. The van der Waals surface area contributed by atoms with E-state index < -0.39 is 5.97 Å². The molecular formula is C15H14N4O4. The summed E-state index contributed by atoms with van der Waals surface area (Å²) in [7, 11) is 1.28. The molecule has 3 rings (SSSR count). The highest BCUT2D eigenvalue weighted by Gasteiger charge is 2.12. The van der Waals surface area contributed by atoms with Gasteiger partial charge in [-0.2, -0.15) is 4.98 Å². The average molecular weight is 314 g/mol. The van der Waals surface area contributed by atoms with Crippen molar-refractivity contribution in [2.75, 3.05) is 12.4 Å². The van der Waals surface area contributed by atoms with Gasteiger partial charge in [0.05, 0.1) is 31.8 Å². The van der Waals surface area contributed by atoms with E-state index in [1.54, 1.807) is 23.1 Å². The number of carbonyl (C=O) groups excluding carboxylic acids is 2. The fraction of sp³-hybridized carbons (Fsp3) is 0.200. The lowest BCUT2D eigenvalue weighted by Crippen LogP contribution is -2.14. The Morgan fingerprint density at radius 1 is 1.30 bits per heavy atom. The highest BCUT2D eigenvalue weighted by atomic mass is 16.5. The van der Waals surface area contributed by atoms with E-state index in [1.807, 2.05) is 18.2 Å². The second kappa shape index (κ2) is 6.30. The van der Waals surface area contributed by atoms with Crippen LogP contribution in [0.15, 0.2) is 41.2 Å². The SMILES string of the molecule is COC(=O)CCC(=O)Nc1nc2cccc(-c3ccoc3)n2n1. The van der Waals surface area contributed by atoms with Gasteiger partial charge in [0.25, 0.3) is 0 Å². The van der Waals surface area contributed by atoms with E-state index >= 15 is 0 Å². The van der Waals surface area contributed by atoms with Crippen LogP contribution < -0.4 is 5.32 Å². The van der Waals surface area contributed by atoms with Gasteiger partial charge >= 0.3 is 5.97 Å². The first kappa shape index (κ1) is 14.8. The number of fused-ring (bicyclic) bond motifs is 1. The summed E-state index contributed by atoms with van der Waals surface area (Å²) in [6.07, 6.45) is 3.19. The third-order valence-electron chi connectivity index (χ3n) is 3.21. The summed E-state index contributed by atoms with van der Waals surface area (Å²) in [5.41, 5.74) is 2.23. The van der Waals surface area contributed by atoms with Crippen molar-refractivity contribution in [3.8, 4) is 11.3 Å². The molecule has 0 spiro atoms. The van der Waals surface area contributed by atoms with Crippen LogP contribution in [0, 0.1) is 0 Å². The minimum Gasteiger partial charge on any atom is -0.472 e. The van der Waals surface area contributed by atoms with Crippen LogP contribution in [0.3, 0.4) is 0 Å². The van der Waals surface area contributed by atoms with Gasteiger partial charge in [0.15, 0.2) is 5.65 Å². The normalized spacial score (nSPS) is 10.7. The number of anilines is 1. The van der Waals surface area contributed by atoms with Crippen molar-refractivity contribution in [3.63, 3.8) is 0 Å². The lowest BCUT2D eigenvalue weighted by atomic mass is 10.2. The van der Waals surface area contributed by atoms with Gasteiger partial charge in [-0.15, -0.1) is 5.10 Å². The van der Waals surface area contributed by atoms with Crippen LogP contribution in [0.2, 0.25) is 0 Å². The highest BCUT2D eigenvalue weighted by molar-refractivity contribution is 5.91. The molecule has 0 saturated heterocycles. The van der Waals surface area contributed by atoms with Gasteiger partial charge in [0.1, 0.15) is 0 Å². The van der Waals surface area contributed by atoms with E-state index in [-0.39, 0.29) is 24.7 Å². The van der Waals surface area contributed by atoms with Crippen LogP contribution in [-0.2, 0) is 14.3 Å². The maximum atomic E-state index is 11.8. The number of aromatic nitrogens is 3. The first-order chi connectivity index (χ1) is 11.2. The molecule has 0 fully saturated rings. The van der Waals surface area contributed by atoms with E-state index in [0.29, 0.717) is 5.65 Å². The Labute approximate surface area is 131 Å². The molecular weight excluding hydrogens is 300 g/mol. The standard InChI is InChI=1S/C15H14N4O4/c1-22-14(21)6-5-13(20)17-15-16-12-4-2-3-11(19(12)18-15)10-7-8-23-9-10/h2-4,7-9H,5-6H2,1H3,(H,17,18,20). The van der Waals surface area contributed by atoms with E-state index in [4.69, 9.17) is 4.42 Å². The van der Waals surface area contributed by atoms with Crippen molar-refractivity contribution in [3.05, 3.63) is 36.8 Å². The molecule has 0 aliphatic heterocycles. The topological polar surface area (TPSA) is 98.7 Å². The van der Waals surface area contributed by atoms with Gasteiger partial charge in [0, 0.05) is 12.0 Å². The largest absolute Gasteiger partial charge is 0.472 e. The molecule has 0 radical (unpaired) electrons. The molecule has 0 aromatic carbocycles. The first-order valence-corrected chi connectivity index (χ1v) is 6.92. The summed E-state index contributed by atoms with van der Waals surface area (Å²) >= 11 is 0. The van der Waals surface area contributed by atoms with Gasteiger partial charge in [-0.05, 0) is 18.2 Å². The Hall–Kier alpha value is -3.16. The zero-order valence-corrected chi connectivity index (χ0v) is 12.4. The number of hydrogen-bond acceptors (Lipinski definition) is 6. The predicted octanol–water partition coefficient (Wildman–Crippen LogP) is 1.88. The molecule has 0 saturated carbocycles. The van der Waals surface area contributed by atoms with Crippen molar-refractivity contribution in [1.29, 1.82) is 0 Å². The summed E-state index contributed by atoms with van der Waals surface area (Å²) in [6.45, 7) is 0. The van der Waals surface area contributed by atoms with Crippen LogP contribution in [0.25, 0.3) is 16.9 Å². The lowest BCUT2D eigenvalue weighted by Gasteiger charge is -2.00. The maximum absolute atomic E-state index is 11.8. The number of pyridine rings is 1. The van der Waals surface area contributed by atoms with Gasteiger partial charge in [-0.3, -0.25) is 14.9 Å². The number of rotatable bonds is 5. The zero-order valence-electron chi connectivity index (χ0n) is 12.4. The Morgan fingerprint density at radius 2 is 2.17 bits per heavy atom. The number of carbonyl (C=O) groups is 2. The number of furan rings is 1. The summed E-state index contributed by atoms with van der Waals surface area (Å²) in [4.78, 5) is 27.1. The Kier molecular flexibility index (Phi) is 4.05. The van der Waals surface area contributed by atoms with E-state index in [1.165, 1.54) is 7.11 Å². The van der Waals surface area contributed by atoms with Crippen LogP contribution in [-0.4, -0.2) is 33.6 Å². The van der Waals surface area contributed by atoms with Crippen molar-refractivity contribution >= 4 is 23.5 Å². The van der Waals surface area contributed by atoms with E-state index in [2.05, 4.69) is 20.1 Å². The molecule has 3 aromatic heterocycles. The minimum absolute atomic E-state index is 0.00989. The molecule has 118 valence electrons. The monoisotopic (exact) mass is 314 g/mol. The Morgan fingerprint density at radius 3 is 2.91 bits per heavy atom. The van der Waals surface area contributed by atoms with Gasteiger partial charge in [-0.25, -0.2) is 4.52 Å². The Bertz CT molecular complexity index is 838. The number of hydrogen-bond donors (Lipinski definition) is 1. The molecule has 23 heavy (non-hydrogen) atoms. The van der Waals surface area contributed by atoms with E-state index in [0.717, 1.165) is 11.3 Å². The second-order valence-corrected chi connectivity index (χ2v) is 4.75. The summed E-state index contributed by atoms with van der Waals surface area (Å²) in [6, 6.07) is 7.30. The maximum Gasteiger partial charge on any atom is 0.306 e. The van der Waals surface area contributed by atoms with Crippen molar-refractivity contribution in [2.24, 2.45) is 0 Å². The van der Waals surface area contributed by atoms with Gasteiger partial charge in [0.2, 0.25) is 11.9 Å². The number of methoxy groups -OCH3 is 1. The molecule has 3 aromatic rings. The predicted molar refractivity (Wildman–Crippen MR) is 80.6 cm³/mol. The highest BCUT2D eigenvalue weighted by Crippen LogP contribution is 2.21. The summed E-state index contributed by atoms with van der Waals surface area (Å²) in [5, 5.41) is 6.84. The van der Waals surface area contributed by atoms with Crippen molar-refractivity contribution < 1.29 is 18.7 Å². The molecule has 3 heterocycles. The number of nitrogens with zero attached hydrogens (tertiary/aromatic N) is 3. The Balaban J connectivity index is 1.79. The molecule has 0 aliphatic rings. The third-order valence-corrected chi connectivity index (χ3v) is 3.21. The summed E-state index contributed by atoms with van der Waals surface area (Å²) < 4.78 is 11.2. The molecule has 1 amide bonds. The molecule has 0 atom stereocenters. The quantitative estimate of drug-likeness (QED) is 0.722. The molecule has 0 aliphatic carbocycles. The van der Waals surface area contributed by atoms with Crippen LogP contribution in [0.4, 0.5) is 5.95 Å². The minimum atomic E-state index is -0.439. The number of ether oxygens (including phenoxy) is 1. The number of esters is 1. The fourth-order valence-electron chi connectivity index (χ4n) is 2.09. The smallest absolute Gasteiger partial charge is 0.306 e. The molecule has 8 heteroatoms. The molecule has 0 bridgehead atoms. The van der Waals surface area contributed by atoms with Crippen molar-refractivity contribution in [2.45, 2.75) is 12.8 Å². The average Bonchev–Trinajstić information content (AvgIpc) is 3.20. The number of amides is 1. The summed E-state index contributed by atoms with van der Waals surface area (Å²) in [5.74, 6) is -0.614. The van der Waals surface area contributed by atoms with Gasteiger partial charge in [-0.1, -0.05) is 6.07 Å². The van der Waals surface area contributed by atoms with Crippen LogP contribution >= 0.6 is 0 Å². The molecule has 8 nitrogen and oxygen atoms in total. The van der Waals surface area contributed by atoms with Gasteiger partial charge < -0.3 is 9.15 Å². The molecule has 1 N–H and O–H groups in total. The van der Waals surface area contributed by atoms with Crippen LogP contribution in [0.5, 0.6) is 0 Å². The lowest BCUT2D eigenvalue weighted by molar-refractivity contribution is -0.141. The second-order valence-electron chi connectivity index (χ2n) is 4.75. The van der Waals surface area contributed by atoms with Crippen molar-refractivity contribution in [1.82, 2.24) is 14.6 Å². The van der Waals surface area contributed by atoms with Crippen LogP contribution in [0.1, 0.15) is 12.8 Å². The zero-order chi connectivity index (χ0) is 16.2.